The fraction of sp³-hybridized carbons (Fsp3) is 0.125. The van der Waals surface area contributed by atoms with Crippen molar-refractivity contribution in [1.82, 2.24) is 4.98 Å². The van der Waals surface area contributed by atoms with Crippen molar-refractivity contribution < 1.29 is 4.42 Å². The summed E-state index contributed by atoms with van der Waals surface area (Å²) in [5.74, 6) is 0.910. The van der Waals surface area contributed by atoms with E-state index in [-0.39, 0.29) is 0 Å². The summed E-state index contributed by atoms with van der Waals surface area (Å²) in [6, 6.07) is 19.3. The largest absolute Gasteiger partial charge is 0.461 e. The van der Waals surface area contributed by atoms with Crippen LogP contribution in [0.15, 0.2) is 65.2 Å². The van der Waals surface area contributed by atoms with E-state index in [0.29, 0.717) is 0 Å². The molecule has 0 radical (unpaired) electrons. The Balaban J connectivity index is 1.86. The highest BCUT2D eigenvalue weighted by Gasteiger charge is 2.13. The third kappa shape index (κ3) is 2.08. The molecule has 2 heteroatoms. The predicted octanol–water partition coefficient (Wildman–Crippen LogP) is 6.73. The molecule has 0 spiro atoms. The van der Waals surface area contributed by atoms with Gasteiger partial charge in [0.15, 0.2) is 0 Å². The summed E-state index contributed by atoms with van der Waals surface area (Å²) in [7, 11) is 0. The Kier molecular flexibility index (Phi) is 3.17. The van der Waals surface area contributed by atoms with Crippen molar-refractivity contribution in [2.45, 2.75) is 20.8 Å². The molecule has 2 nitrogen and oxygen atoms in total. The number of hydrogen-bond acceptors (Lipinski definition) is 2. The van der Waals surface area contributed by atoms with Crippen LogP contribution in [0.25, 0.3) is 43.8 Å². The Bertz CT molecular complexity index is 1310. The summed E-state index contributed by atoms with van der Waals surface area (Å²) in [6.07, 6.45) is 1.82. The van der Waals surface area contributed by atoms with Crippen molar-refractivity contribution in [2.24, 2.45) is 0 Å². The van der Waals surface area contributed by atoms with Gasteiger partial charge in [0, 0.05) is 17.1 Å². The smallest absolute Gasteiger partial charge is 0.137 e. The topological polar surface area (TPSA) is 26.0 Å². The SMILES string of the molecule is Cc1cc2c(-c3ccc4c(c3)c(C)c(C)c3ccccc34)nccc2o1. The van der Waals surface area contributed by atoms with Gasteiger partial charge in [0.05, 0.1) is 5.69 Å². The van der Waals surface area contributed by atoms with E-state index < -0.39 is 0 Å². The van der Waals surface area contributed by atoms with E-state index >= 15 is 0 Å². The van der Waals surface area contributed by atoms with E-state index in [1.54, 1.807) is 0 Å². The molecule has 0 atom stereocenters. The summed E-state index contributed by atoms with van der Waals surface area (Å²) in [4.78, 5) is 4.65. The average Bonchev–Trinajstić information content (AvgIpc) is 3.06. The first-order valence-corrected chi connectivity index (χ1v) is 8.90. The van der Waals surface area contributed by atoms with E-state index in [1.807, 2.05) is 19.2 Å². The minimum absolute atomic E-state index is 0.888. The van der Waals surface area contributed by atoms with Crippen LogP contribution in [0.2, 0.25) is 0 Å². The molecule has 0 amide bonds. The van der Waals surface area contributed by atoms with E-state index in [0.717, 1.165) is 28.0 Å². The van der Waals surface area contributed by atoms with Gasteiger partial charge in [-0.3, -0.25) is 4.98 Å². The lowest BCUT2D eigenvalue weighted by Gasteiger charge is -2.13. The minimum atomic E-state index is 0.888. The molecule has 0 saturated carbocycles. The van der Waals surface area contributed by atoms with Gasteiger partial charge in [-0.2, -0.15) is 0 Å². The number of pyridine rings is 1. The number of fused-ring (bicyclic) bond motifs is 4. The van der Waals surface area contributed by atoms with Crippen LogP contribution in [0, 0.1) is 20.8 Å². The van der Waals surface area contributed by atoms with Crippen molar-refractivity contribution in [3.8, 4) is 11.3 Å². The van der Waals surface area contributed by atoms with Crippen LogP contribution >= 0.6 is 0 Å². The lowest BCUT2D eigenvalue weighted by atomic mass is 9.91. The Morgan fingerprint density at radius 1 is 0.692 bits per heavy atom. The second kappa shape index (κ2) is 5.43. The number of rotatable bonds is 1. The first-order valence-electron chi connectivity index (χ1n) is 8.90. The van der Waals surface area contributed by atoms with Crippen LogP contribution < -0.4 is 0 Å². The fourth-order valence-electron chi connectivity index (χ4n) is 4.01. The van der Waals surface area contributed by atoms with Gasteiger partial charge in [0.2, 0.25) is 0 Å². The summed E-state index contributed by atoms with van der Waals surface area (Å²) >= 11 is 0. The highest BCUT2D eigenvalue weighted by molar-refractivity contribution is 6.11. The Hall–Kier alpha value is -3.13. The number of furan rings is 1. The molecule has 0 saturated heterocycles. The Morgan fingerprint density at radius 2 is 1.42 bits per heavy atom. The van der Waals surface area contributed by atoms with Gasteiger partial charge in [0.25, 0.3) is 0 Å². The molecule has 0 aliphatic rings. The van der Waals surface area contributed by atoms with Crippen molar-refractivity contribution in [1.29, 1.82) is 0 Å². The standard InChI is InChI=1S/C24H19NO/c1-14-12-22-23(26-14)10-11-25-24(22)17-8-9-20-19-7-5-4-6-18(19)15(2)16(3)21(20)13-17/h4-13H,1-3H3. The molecule has 5 aromatic rings. The van der Waals surface area contributed by atoms with E-state index in [4.69, 9.17) is 4.42 Å². The molecule has 0 aliphatic carbocycles. The average molecular weight is 337 g/mol. The van der Waals surface area contributed by atoms with Crippen molar-refractivity contribution in [3.63, 3.8) is 0 Å². The van der Waals surface area contributed by atoms with E-state index in [2.05, 4.69) is 67.4 Å². The zero-order chi connectivity index (χ0) is 17.8. The molecule has 0 bridgehead atoms. The number of aromatic nitrogens is 1. The fourth-order valence-corrected chi connectivity index (χ4v) is 4.01. The number of nitrogens with zero attached hydrogens (tertiary/aromatic N) is 1. The van der Waals surface area contributed by atoms with Crippen LogP contribution in [0.5, 0.6) is 0 Å². The zero-order valence-electron chi connectivity index (χ0n) is 15.1. The van der Waals surface area contributed by atoms with Crippen molar-refractivity contribution in [3.05, 3.63) is 77.7 Å². The molecule has 2 aromatic heterocycles. The molecule has 0 aliphatic heterocycles. The van der Waals surface area contributed by atoms with E-state index in [9.17, 15) is 0 Å². The molecule has 5 rings (SSSR count). The van der Waals surface area contributed by atoms with Gasteiger partial charge in [-0.05, 0) is 71.6 Å². The minimum Gasteiger partial charge on any atom is -0.461 e. The second-order valence-corrected chi connectivity index (χ2v) is 6.98. The maximum Gasteiger partial charge on any atom is 0.137 e. The molecular weight excluding hydrogens is 318 g/mol. The molecular formula is C24H19NO. The molecule has 3 aromatic carbocycles. The Morgan fingerprint density at radius 3 is 2.27 bits per heavy atom. The van der Waals surface area contributed by atoms with Crippen LogP contribution in [0.4, 0.5) is 0 Å². The Labute approximate surface area is 152 Å². The molecule has 0 fully saturated rings. The van der Waals surface area contributed by atoms with Crippen LogP contribution in [0.3, 0.4) is 0 Å². The highest BCUT2D eigenvalue weighted by atomic mass is 16.3. The van der Waals surface area contributed by atoms with Crippen molar-refractivity contribution >= 4 is 32.5 Å². The summed E-state index contributed by atoms with van der Waals surface area (Å²) < 4.78 is 5.78. The maximum atomic E-state index is 5.78. The third-order valence-corrected chi connectivity index (χ3v) is 5.45. The van der Waals surface area contributed by atoms with Crippen LogP contribution in [0.1, 0.15) is 16.9 Å². The van der Waals surface area contributed by atoms with E-state index in [1.165, 1.54) is 32.7 Å². The predicted molar refractivity (Wildman–Crippen MR) is 109 cm³/mol. The first kappa shape index (κ1) is 15.2. The lowest BCUT2D eigenvalue weighted by molar-refractivity contribution is 0.578. The van der Waals surface area contributed by atoms with Gasteiger partial charge in [-0.1, -0.05) is 36.4 Å². The van der Waals surface area contributed by atoms with Gasteiger partial charge in [-0.15, -0.1) is 0 Å². The first-order chi connectivity index (χ1) is 12.6. The maximum absolute atomic E-state index is 5.78. The normalized spacial score (nSPS) is 11.7. The van der Waals surface area contributed by atoms with Gasteiger partial charge < -0.3 is 4.42 Å². The third-order valence-electron chi connectivity index (χ3n) is 5.45. The van der Waals surface area contributed by atoms with Crippen LogP contribution in [-0.4, -0.2) is 4.98 Å². The van der Waals surface area contributed by atoms with Crippen LogP contribution in [-0.2, 0) is 0 Å². The molecule has 0 N–H and O–H groups in total. The number of benzene rings is 3. The van der Waals surface area contributed by atoms with Crippen molar-refractivity contribution in [2.75, 3.05) is 0 Å². The second-order valence-electron chi connectivity index (χ2n) is 6.98. The van der Waals surface area contributed by atoms with Gasteiger partial charge in [-0.25, -0.2) is 0 Å². The lowest BCUT2D eigenvalue weighted by Crippen LogP contribution is -1.90. The molecule has 126 valence electrons. The van der Waals surface area contributed by atoms with Gasteiger partial charge in [0.1, 0.15) is 11.3 Å². The monoisotopic (exact) mass is 337 g/mol. The quantitative estimate of drug-likeness (QED) is 0.317. The summed E-state index contributed by atoms with van der Waals surface area (Å²) in [6.45, 7) is 6.40. The summed E-state index contributed by atoms with van der Waals surface area (Å²) in [5, 5.41) is 6.29. The molecule has 2 heterocycles. The highest BCUT2D eigenvalue weighted by Crippen LogP contribution is 2.36. The molecule has 0 unspecified atom stereocenters. The number of hydrogen-bond donors (Lipinski definition) is 0. The summed E-state index contributed by atoms with van der Waals surface area (Å²) in [5.41, 5.74) is 5.67. The molecule has 26 heavy (non-hydrogen) atoms. The van der Waals surface area contributed by atoms with Gasteiger partial charge >= 0.3 is 0 Å². The number of aryl methyl sites for hydroxylation is 3. The zero-order valence-corrected chi connectivity index (χ0v) is 15.1.